The van der Waals surface area contributed by atoms with Gasteiger partial charge in [0, 0.05) is 17.2 Å². The van der Waals surface area contributed by atoms with Gasteiger partial charge >= 0.3 is 6.03 Å². The molecule has 104 valence electrons. The van der Waals surface area contributed by atoms with E-state index < -0.39 is 6.03 Å². The molecule has 6 nitrogen and oxygen atoms in total. The molecule has 0 bridgehead atoms. The van der Waals surface area contributed by atoms with Crippen LogP contribution in [0.4, 0.5) is 10.5 Å². The number of hydrogen-bond acceptors (Lipinski definition) is 4. The van der Waals surface area contributed by atoms with Crippen LogP contribution in [0.25, 0.3) is 11.4 Å². The smallest absolute Gasteiger partial charge is 0.316 e. The van der Waals surface area contributed by atoms with E-state index in [0.29, 0.717) is 29.2 Å². The molecule has 3 N–H and O–H groups in total. The topological polar surface area (TPSA) is 94.0 Å². The zero-order valence-electron chi connectivity index (χ0n) is 11.2. The van der Waals surface area contributed by atoms with Crippen LogP contribution in [0.15, 0.2) is 28.8 Å². The number of carbonyl (C=O) groups excluding carboxylic acids is 1. The molecule has 3 rings (SSSR count). The zero-order chi connectivity index (χ0) is 14.1. The van der Waals surface area contributed by atoms with Crippen LogP contribution < -0.4 is 11.1 Å². The third-order valence-electron chi connectivity index (χ3n) is 3.57. The average Bonchev–Trinajstić information content (AvgIpc) is 3.16. The molecule has 1 saturated carbocycles. The average molecular weight is 272 g/mol. The summed E-state index contributed by atoms with van der Waals surface area (Å²) in [5, 5.41) is 6.51. The van der Waals surface area contributed by atoms with Gasteiger partial charge in [0.2, 0.25) is 11.7 Å². The van der Waals surface area contributed by atoms with Gasteiger partial charge in [-0.3, -0.25) is 0 Å². The fraction of sp³-hybridized carbons (Fsp3) is 0.357. The van der Waals surface area contributed by atoms with Gasteiger partial charge in [0.15, 0.2) is 0 Å². The van der Waals surface area contributed by atoms with Gasteiger partial charge in [-0.25, -0.2) is 4.79 Å². The second-order valence-electron chi connectivity index (χ2n) is 5.15. The number of urea groups is 1. The van der Waals surface area contributed by atoms with Gasteiger partial charge in [0.25, 0.3) is 0 Å². The van der Waals surface area contributed by atoms with Crippen LogP contribution in [0.3, 0.4) is 0 Å². The lowest BCUT2D eigenvalue weighted by Crippen LogP contribution is -2.19. The number of nitrogens with one attached hydrogen (secondary N) is 1. The van der Waals surface area contributed by atoms with Crippen molar-refractivity contribution in [3.8, 4) is 11.4 Å². The summed E-state index contributed by atoms with van der Waals surface area (Å²) in [5.41, 5.74) is 6.54. The first-order valence-corrected chi connectivity index (χ1v) is 6.64. The maximum absolute atomic E-state index is 10.7. The number of aromatic nitrogens is 2. The van der Waals surface area contributed by atoms with Crippen molar-refractivity contribution in [3.05, 3.63) is 30.2 Å². The van der Waals surface area contributed by atoms with Crippen molar-refractivity contribution in [3.63, 3.8) is 0 Å². The molecule has 1 fully saturated rings. The van der Waals surface area contributed by atoms with E-state index >= 15 is 0 Å². The second-order valence-corrected chi connectivity index (χ2v) is 5.15. The van der Waals surface area contributed by atoms with Crippen molar-refractivity contribution in [1.29, 1.82) is 0 Å². The van der Waals surface area contributed by atoms with Crippen LogP contribution in [-0.2, 0) is 0 Å². The van der Waals surface area contributed by atoms with E-state index in [-0.39, 0.29) is 0 Å². The maximum atomic E-state index is 10.7. The minimum atomic E-state index is -0.585. The van der Waals surface area contributed by atoms with Gasteiger partial charge in [-0.05, 0) is 43.0 Å². The second kappa shape index (κ2) is 4.96. The Kier molecular flexibility index (Phi) is 3.14. The third kappa shape index (κ3) is 2.64. The summed E-state index contributed by atoms with van der Waals surface area (Å²) in [7, 11) is 0. The largest absolute Gasteiger partial charge is 0.351 e. The normalized spacial score (nSPS) is 15.8. The first-order chi connectivity index (χ1) is 9.63. The Balaban J connectivity index is 1.76. The number of primary amides is 1. The van der Waals surface area contributed by atoms with Crippen molar-refractivity contribution in [1.82, 2.24) is 10.1 Å². The standard InChI is InChI=1S/C14H16N4O2/c1-8(9-2-3-9)13-17-12(18-20-13)10-4-6-11(7-5-10)16-14(15)19/h4-9H,2-3H2,1H3,(H3,15,16,19)/t8-/m1/s1. The fourth-order valence-corrected chi connectivity index (χ4v) is 2.18. The Morgan fingerprint density at radius 3 is 2.70 bits per heavy atom. The van der Waals surface area contributed by atoms with Crippen molar-refractivity contribution in [2.45, 2.75) is 25.7 Å². The van der Waals surface area contributed by atoms with E-state index in [4.69, 9.17) is 10.3 Å². The summed E-state index contributed by atoms with van der Waals surface area (Å²) in [6, 6.07) is 6.56. The molecule has 1 heterocycles. The molecule has 2 aromatic rings. The molecular weight excluding hydrogens is 256 g/mol. The molecule has 0 radical (unpaired) electrons. The van der Waals surface area contributed by atoms with Gasteiger partial charge in [-0.2, -0.15) is 4.98 Å². The summed E-state index contributed by atoms with van der Waals surface area (Å²) >= 11 is 0. The zero-order valence-corrected chi connectivity index (χ0v) is 11.2. The molecule has 0 spiro atoms. The number of nitrogens with zero attached hydrogens (tertiary/aromatic N) is 2. The van der Waals surface area contributed by atoms with Gasteiger partial charge in [-0.15, -0.1) is 0 Å². The van der Waals surface area contributed by atoms with Crippen molar-refractivity contribution >= 4 is 11.7 Å². The SMILES string of the molecule is C[C@@H](c1nc(-c2ccc(NC(N)=O)cc2)no1)C1CC1. The van der Waals surface area contributed by atoms with Crippen molar-refractivity contribution in [2.24, 2.45) is 11.7 Å². The van der Waals surface area contributed by atoms with Crippen LogP contribution in [0.2, 0.25) is 0 Å². The molecule has 1 aromatic heterocycles. The lowest BCUT2D eigenvalue weighted by Gasteiger charge is -2.02. The molecule has 0 saturated heterocycles. The molecule has 1 aliphatic rings. The Labute approximate surface area is 116 Å². The Bertz CT molecular complexity index is 616. The van der Waals surface area contributed by atoms with Crippen LogP contribution in [0.5, 0.6) is 0 Å². The number of anilines is 1. The summed E-state index contributed by atoms with van der Waals surface area (Å²) in [4.78, 5) is 15.2. The monoisotopic (exact) mass is 272 g/mol. The van der Waals surface area contributed by atoms with E-state index in [2.05, 4.69) is 22.4 Å². The number of nitrogens with two attached hydrogens (primary N) is 1. The minimum absolute atomic E-state index is 0.326. The number of rotatable bonds is 4. The van der Waals surface area contributed by atoms with Gasteiger partial charge in [0.1, 0.15) is 0 Å². The van der Waals surface area contributed by atoms with Gasteiger partial charge < -0.3 is 15.6 Å². The Hall–Kier alpha value is -2.37. The summed E-state index contributed by atoms with van der Waals surface area (Å²) in [6.07, 6.45) is 2.48. The van der Waals surface area contributed by atoms with E-state index in [1.165, 1.54) is 12.8 Å². The summed E-state index contributed by atoms with van der Waals surface area (Å²) in [6.45, 7) is 2.12. The van der Waals surface area contributed by atoms with E-state index in [1.807, 2.05) is 12.1 Å². The maximum Gasteiger partial charge on any atom is 0.316 e. The predicted octanol–water partition coefficient (Wildman–Crippen LogP) is 2.74. The van der Waals surface area contributed by atoms with E-state index in [9.17, 15) is 4.79 Å². The molecule has 1 aromatic carbocycles. The quantitative estimate of drug-likeness (QED) is 0.894. The Morgan fingerprint density at radius 1 is 1.40 bits per heavy atom. The van der Waals surface area contributed by atoms with Gasteiger partial charge in [0.05, 0.1) is 0 Å². The van der Waals surface area contributed by atoms with Crippen molar-refractivity contribution < 1.29 is 9.32 Å². The van der Waals surface area contributed by atoms with E-state index in [1.54, 1.807) is 12.1 Å². The van der Waals surface area contributed by atoms with E-state index in [0.717, 1.165) is 5.56 Å². The highest BCUT2D eigenvalue weighted by Crippen LogP contribution is 2.41. The highest BCUT2D eigenvalue weighted by Gasteiger charge is 2.32. The lowest BCUT2D eigenvalue weighted by atomic mass is 10.1. The number of benzene rings is 1. The molecular formula is C14H16N4O2. The molecule has 1 atom stereocenters. The van der Waals surface area contributed by atoms with Gasteiger partial charge in [-0.1, -0.05) is 12.1 Å². The first-order valence-electron chi connectivity index (χ1n) is 6.64. The number of carbonyl (C=O) groups is 1. The predicted molar refractivity (Wildman–Crippen MR) is 74.1 cm³/mol. The fourth-order valence-electron chi connectivity index (χ4n) is 2.18. The minimum Gasteiger partial charge on any atom is -0.351 e. The highest BCUT2D eigenvalue weighted by atomic mass is 16.5. The molecule has 6 heteroatoms. The Morgan fingerprint density at radius 2 is 2.10 bits per heavy atom. The first kappa shape index (κ1) is 12.7. The van der Waals surface area contributed by atoms with Crippen LogP contribution in [0, 0.1) is 5.92 Å². The lowest BCUT2D eigenvalue weighted by molar-refractivity contribution is 0.259. The summed E-state index contributed by atoms with van der Waals surface area (Å²) < 4.78 is 5.33. The molecule has 1 aliphatic carbocycles. The number of amides is 2. The molecule has 2 amide bonds. The molecule has 20 heavy (non-hydrogen) atoms. The molecule has 0 unspecified atom stereocenters. The third-order valence-corrected chi connectivity index (χ3v) is 3.57. The number of hydrogen-bond donors (Lipinski definition) is 2. The molecule has 0 aliphatic heterocycles. The van der Waals surface area contributed by atoms with Crippen LogP contribution >= 0.6 is 0 Å². The highest BCUT2D eigenvalue weighted by molar-refractivity contribution is 5.88. The van der Waals surface area contributed by atoms with Crippen molar-refractivity contribution in [2.75, 3.05) is 5.32 Å². The van der Waals surface area contributed by atoms with Crippen LogP contribution in [-0.4, -0.2) is 16.2 Å². The summed E-state index contributed by atoms with van der Waals surface area (Å²) in [5.74, 6) is 2.28. The van der Waals surface area contributed by atoms with Crippen LogP contribution in [0.1, 0.15) is 31.6 Å².